The topological polar surface area (TPSA) is 125 Å². The number of nitro benzene ring substituents is 2. The minimum Gasteiger partial charge on any atom is -0.493 e. The molecule has 1 saturated heterocycles. The van der Waals surface area contributed by atoms with Gasteiger partial charge in [-0.1, -0.05) is 48.2 Å². The fourth-order valence-corrected chi connectivity index (χ4v) is 4.75. The number of nitro groups is 2. The summed E-state index contributed by atoms with van der Waals surface area (Å²) in [5, 5.41) is 22.4. The van der Waals surface area contributed by atoms with Gasteiger partial charge in [0.1, 0.15) is 0 Å². The summed E-state index contributed by atoms with van der Waals surface area (Å²) in [5.74, 6) is -0.0410. The molecule has 1 aliphatic rings. The van der Waals surface area contributed by atoms with Crippen molar-refractivity contribution in [1.82, 2.24) is 0 Å². The van der Waals surface area contributed by atoms with Crippen LogP contribution in [0.15, 0.2) is 65.6 Å². The predicted molar refractivity (Wildman–Crippen MR) is 140 cm³/mol. The van der Waals surface area contributed by atoms with Crippen molar-refractivity contribution in [1.29, 1.82) is 0 Å². The highest BCUT2D eigenvalue weighted by Gasteiger charge is 2.34. The molecule has 0 bridgehead atoms. The van der Waals surface area contributed by atoms with Crippen molar-refractivity contribution in [2.45, 2.75) is 6.92 Å². The summed E-state index contributed by atoms with van der Waals surface area (Å²) in [6.45, 7) is 1.90. The Hall–Kier alpha value is -4.29. The Morgan fingerprint density at radius 2 is 1.69 bits per heavy atom. The van der Waals surface area contributed by atoms with E-state index in [-0.39, 0.29) is 23.2 Å². The molecule has 12 heteroatoms. The van der Waals surface area contributed by atoms with E-state index in [1.165, 1.54) is 29.8 Å². The van der Waals surface area contributed by atoms with Gasteiger partial charge >= 0.3 is 5.69 Å². The highest BCUT2D eigenvalue weighted by Crippen LogP contribution is 2.40. The van der Waals surface area contributed by atoms with Crippen LogP contribution in [0.3, 0.4) is 0 Å². The summed E-state index contributed by atoms with van der Waals surface area (Å²) >= 11 is 6.61. The number of nitrogens with zero attached hydrogens (tertiary/aromatic N) is 3. The Kier molecular flexibility index (Phi) is 6.99. The number of amides is 1. The minimum atomic E-state index is -0.764. The van der Waals surface area contributed by atoms with E-state index in [9.17, 15) is 25.0 Å². The molecule has 3 aromatic carbocycles. The highest BCUT2D eigenvalue weighted by atomic mass is 32.2. The SMILES string of the molecule is COc1cc(/C=C2/SC(=S)N(c3ccccc3C)C2=O)ccc1Oc1ccc([N+](=O)[O-])cc1[N+](=O)[O-]. The Balaban J connectivity index is 1.63. The third-order valence-electron chi connectivity index (χ3n) is 5.21. The average Bonchev–Trinajstić information content (AvgIpc) is 3.12. The summed E-state index contributed by atoms with van der Waals surface area (Å²) in [4.78, 5) is 35.9. The standard InChI is InChI=1S/C24H17N3O7S2/c1-14-5-3-4-6-17(14)25-23(28)22(36-24(25)35)12-15-7-9-20(21(11-15)33-2)34-19-10-8-16(26(29)30)13-18(19)27(31)32/h3-13H,1-2H3/b22-12+. The van der Waals surface area contributed by atoms with E-state index < -0.39 is 21.2 Å². The van der Waals surface area contributed by atoms with Gasteiger partial charge in [-0.25, -0.2) is 0 Å². The number of non-ortho nitro benzene ring substituents is 1. The quantitative estimate of drug-likeness (QED) is 0.158. The van der Waals surface area contributed by atoms with Crippen LogP contribution in [-0.2, 0) is 4.79 Å². The maximum atomic E-state index is 13.1. The number of anilines is 1. The predicted octanol–water partition coefficient (Wildman–Crippen LogP) is 6.02. The van der Waals surface area contributed by atoms with Gasteiger partial charge in [-0.2, -0.15) is 0 Å². The molecule has 0 atom stereocenters. The summed E-state index contributed by atoms with van der Waals surface area (Å²) in [6, 6.07) is 15.3. The molecular weight excluding hydrogens is 506 g/mol. The fraction of sp³-hybridized carbons (Fsp3) is 0.0833. The Labute approximate surface area is 214 Å². The van der Waals surface area contributed by atoms with Crippen LogP contribution in [0.5, 0.6) is 17.2 Å². The van der Waals surface area contributed by atoms with Crippen LogP contribution in [0.25, 0.3) is 6.08 Å². The molecule has 1 amide bonds. The van der Waals surface area contributed by atoms with Crippen molar-refractivity contribution in [2.24, 2.45) is 0 Å². The van der Waals surface area contributed by atoms with Crippen molar-refractivity contribution in [3.8, 4) is 17.2 Å². The Morgan fingerprint density at radius 3 is 2.36 bits per heavy atom. The first-order chi connectivity index (χ1) is 17.2. The minimum absolute atomic E-state index is 0.152. The second kappa shape index (κ2) is 10.1. The molecule has 3 aromatic rings. The summed E-state index contributed by atoms with van der Waals surface area (Å²) in [5.41, 5.74) is 1.25. The zero-order valence-corrected chi connectivity index (χ0v) is 20.5. The molecule has 1 fully saturated rings. The van der Waals surface area contributed by atoms with Gasteiger partial charge in [0.25, 0.3) is 11.6 Å². The van der Waals surface area contributed by atoms with Gasteiger partial charge in [0.2, 0.25) is 5.75 Å². The van der Waals surface area contributed by atoms with Crippen LogP contribution in [0.4, 0.5) is 17.1 Å². The third kappa shape index (κ3) is 4.90. The first kappa shape index (κ1) is 24.8. The summed E-state index contributed by atoms with van der Waals surface area (Å²) in [7, 11) is 1.40. The fourth-order valence-electron chi connectivity index (χ4n) is 3.47. The van der Waals surface area contributed by atoms with Gasteiger partial charge in [-0.3, -0.25) is 29.9 Å². The normalized spacial score (nSPS) is 14.3. The Bertz CT molecular complexity index is 1460. The largest absolute Gasteiger partial charge is 0.493 e. The van der Waals surface area contributed by atoms with Crippen LogP contribution in [-0.4, -0.2) is 27.2 Å². The molecule has 0 radical (unpaired) electrons. The number of thioether (sulfide) groups is 1. The number of benzene rings is 3. The first-order valence-corrected chi connectivity index (χ1v) is 11.5. The van der Waals surface area contributed by atoms with Crippen molar-refractivity contribution in [2.75, 3.05) is 12.0 Å². The molecule has 182 valence electrons. The highest BCUT2D eigenvalue weighted by molar-refractivity contribution is 8.27. The van der Waals surface area contributed by atoms with Gasteiger partial charge < -0.3 is 9.47 Å². The van der Waals surface area contributed by atoms with E-state index in [2.05, 4.69) is 0 Å². The van der Waals surface area contributed by atoms with Crippen LogP contribution in [0.2, 0.25) is 0 Å². The second-order valence-corrected chi connectivity index (χ2v) is 9.16. The van der Waals surface area contributed by atoms with E-state index >= 15 is 0 Å². The molecule has 4 rings (SSSR count). The second-order valence-electron chi connectivity index (χ2n) is 7.48. The number of carbonyl (C=O) groups excluding carboxylic acids is 1. The van der Waals surface area contributed by atoms with Crippen LogP contribution in [0, 0.1) is 27.2 Å². The maximum absolute atomic E-state index is 13.1. The number of methoxy groups -OCH3 is 1. The lowest BCUT2D eigenvalue weighted by Gasteiger charge is -2.16. The smallest absolute Gasteiger partial charge is 0.318 e. The van der Waals surface area contributed by atoms with Gasteiger partial charge in [0.05, 0.1) is 33.6 Å². The van der Waals surface area contributed by atoms with Crippen molar-refractivity contribution in [3.63, 3.8) is 0 Å². The summed E-state index contributed by atoms with van der Waals surface area (Å²) in [6.07, 6.45) is 1.66. The number of rotatable bonds is 7. The molecule has 1 heterocycles. The van der Waals surface area contributed by atoms with Gasteiger partial charge in [-0.15, -0.1) is 0 Å². The van der Waals surface area contributed by atoms with E-state index in [1.807, 2.05) is 31.2 Å². The molecule has 0 saturated carbocycles. The molecule has 10 nitrogen and oxygen atoms in total. The molecular formula is C24H17N3O7S2. The lowest BCUT2D eigenvalue weighted by molar-refractivity contribution is -0.394. The zero-order chi connectivity index (χ0) is 26.0. The number of thiocarbonyl (C=S) groups is 1. The summed E-state index contributed by atoms with van der Waals surface area (Å²) < 4.78 is 11.5. The number of ether oxygens (including phenoxy) is 2. The van der Waals surface area contributed by atoms with E-state index in [0.717, 1.165) is 29.4 Å². The molecule has 36 heavy (non-hydrogen) atoms. The lowest BCUT2D eigenvalue weighted by Crippen LogP contribution is -2.28. The Morgan fingerprint density at radius 1 is 0.972 bits per heavy atom. The van der Waals surface area contributed by atoms with Gasteiger partial charge in [0.15, 0.2) is 15.8 Å². The van der Waals surface area contributed by atoms with Crippen molar-refractivity contribution in [3.05, 3.63) is 96.9 Å². The monoisotopic (exact) mass is 523 g/mol. The molecule has 0 N–H and O–H groups in total. The number of hydrogen-bond donors (Lipinski definition) is 0. The van der Waals surface area contributed by atoms with E-state index in [0.29, 0.717) is 14.8 Å². The average molecular weight is 524 g/mol. The first-order valence-electron chi connectivity index (χ1n) is 10.3. The van der Waals surface area contributed by atoms with Crippen LogP contribution in [0.1, 0.15) is 11.1 Å². The van der Waals surface area contributed by atoms with Crippen LogP contribution < -0.4 is 14.4 Å². The molecule has 1 aliphatic heterocycles. The zero-order valence-electron chi connectivity index (χ0n) is 18.9. The van der Waals surface area contributed by atoms with E-state index in [1.54, 1.807) is 18.2 Å². The molecule has 0 spiro atoms. The van der Waals surface area contributed by atoms with Gasteiger partial charge in [-0.05, 0) is 48.4 Å². The number of carbonyl (C=O) groups is 1. The molecule has 0 aromatic heterocycles. The van der Waals surface area contributed by atoms with Gasteiger partial charge in [0, 0.05) is 6.07 Å². The number of hydrogen-bond acceptors (Lipinski definition) is 9. The molecule has 0 aliphatic carbocycles. The third-order valence-corrected chi connectivity index (χ3v) is 6.51. The number of para-hydroxylation sites is 1. The lowest BCUT2D eigenvalue weighted by atomic mass is 10.1. The van der Waals surface area contributed by atoms with Crippen LogP contribution >= 0.6 is 24.0 Å². The van der Waals surface area contributed by atoms with E-state index in [4.69, 9.17) is 21.7 Å². The van der Waals surface area contributed by atoms with Crippen molar-refractivity contribution < 1.29 is 24.1 Å². The number of aryl methyl sites for hydroxylation is 1. The maximum Gasteiger partial charge on any atom is 0.318 e. The van der Waals surface area contributed by atoms with Crippen molar-refractivity contribution >= 4 is 57.3 Å². The molecule has 0 unspecified atom stereocenters.